The van der Waals surface area contributed by atoms with E-state index in [1.165, 1.54) is 23.5 Å². The van der Waals surface area contributed by atoms with Crippen LogP contribution in [0.15, 0.2) is 52.3 Å². The Morgan fingerprint density at radius 1 is 1.17 bits per heavy atom. The molecule has 2 aromatic carbocycles. The van der Waals surface area contributed by atoms with Gasteiger partial charge in [-0.05, 0) is 61.2 Å². The molecule has 0 radical (unpaired) electrons. The first-order valence-electron chi connectivity index (χ1n) is 11.3. The van der Waals surface area contributed by atoms with Gasteiger partial charge in [-0.3, -0.25) is 0 Å². The number of fused-ring (bicyclic) bond motifs is 1. The number of thiophene rings is 1. The van der Waals surface area contributed by atoms with Crippen LogP contribution in [0.2, 0.25) is 0 Å². The molecule has 0 bridgehead atoms. The second-order valence-corrected chi connectivity index (χ2v) is 8.98. The number of aromatic nitrogens is 1. The van der Waals surface area contributed by atoms with Crippen molar-refractivity contribution < 1.29 is 37.0 Å². The van der Waals surface area contributed by atoms with Crippen LogP contribution in [0.5, 0.6) is 5.75 Å². The Morgan fingerprint density at radius 2 is 1.92 bits per heavy atom. The zero-order chi connectivity index (χ0) is 25.9. The van der Waals surface area contributed by atoms with Crippen LogP contribution in [0.1, 0.15) is 29.5 Å². The summed E-state index contributed by atoms with van der Waals surface area (Å²) in [5, 5.41) is 12.2. The lowest BCUT2D eigenvalue weighted by atomic mass is 10.1. The van der Waals surface area contributed by atoms with Gasteiger partial charge in [-0.2, -0.15) is 13.2 Å². The highest BCUT2D eigenvalue weighted by atomic mass is 32.1. The fraction of sp³-hybridized carbons (Fsp3) is 0.308. The van der Waals surface area contributed by atoms with Crippen molar-refractivity contribution in [3.8, 4) is 17.2 Å². The highest BCUT2D eigenvalue weighted by Crippen LogP contribution is 2.34. The molecule has 2 aromatic heterocycles. The van der Waals surface area contributed by atoms with E-state index < -0.39 is 23.8 Å². The molecule has 0 aliphatic carbocycles. The first kappa shape index (κ1) is 25.7. The summed E-state index contributed by atoms with van der Waals surface area (Å²) in [6.45, 7) is 4.13. The van der Waals surface area contributed by atoms with E-state index in [4.69, 9.17) is 13.9 Å². The van der Waals surface area contributed by atoms with Crippen molar-refractivity contribution in [2.75, 3.05) is 13.2 Å². The van der Waals surface area contributed by atoms with Gasteiger partial charge in [-0.15, -0.1) is 11.3 Å². The molecule has 0 amide bonds. The zero-order valence-corrected chi connectivity index (χ0v) is 20.4. The molecule has 4 rings (SSSR count). The number of aliphatic carboxylic acids is 1. The number of oxazole rings is 1. The fourth-order valence-electron chi connectivity index (χ4n) is 3.84. The summed E-state index contributed by atoms with van der Waals surface area (Å²) in [5.74, 6) is 0.492. The number of hydrogen-bond acceptors (Lipinski definition) is 6. The van der Waals surface area contributed by atoms with Crippen molar-refractivity contribution >= 4 is 27.4 Å². The Labute approximate surface area is 209 Å². The van der Waals surface area contributed by atoms with Gasteiger partial charge in [0, 0.05) is 35.1 Å². The average Bonchev–Trinajstić information content (AvgIpc) is 3.47. The molecule has 10 heteroatoms. The van der Waals surface area contributed by atoms with Crippen molar-refractivity contribution in [1.82, 2.24) is 4.98 Å². The number of halogens is 3. The molecular weight excluding hydrogens is 495 g/mol. The van der Waals surface area contributed by atoms with Gasteiger partial charge in [0.15, 0.2) is 6.10 Å². The molecule has 4 aromatic rings. The van der Waals surface area contributed by atoms with E-state index in [1.54, 1.807) is 13.8 Å². The van der Waals surface area contributed by atoms with Gasteiger partial charge in [-0.1, -0.05) is 6.07 Å². The third-order valence-corrected chi connectivity index (χ3v) is 6.65. The molecule has 0 aliphatic heterocycles. The summed E-state index contributed by atoms with van der Waals surface area (Å²) in [6.07, 6.45) is -4.62. The first-order chi connectivity index (χ1) is 17.2. The quantitative estimate of drug-likeness (QED) is 0.256. The zero-order valence-electron chi connectivity index (χ0n) is 19.6. The molecule has 6 nitrogen and oxygen atoms in total. The number of benzene rings is 2. The molecule has 0 saturated carbocycles. The van der Waals surface area contributed by atoms with E-state index >= 15 is 0 Å². The molecule has 36 heavy (non-hydrogen) atoms. The number of ether oxygens (including phenoxy) is 2. The second-order valence-electron chi connectivity index (χ2n) is 8.07. The summed E-state index contributed by atoms with van der Waals surface area (Å²) in [6, 6.07) is 10.3. The molecule has 0 saturated heterocycles. The largest absolute Gasteiger partial charge is 0.493 e. The fourth-order valence-corrected chi connectivity index (χ4v) is 4.78. The molecular formula is C26H24F3NO5S. The molecule has 0 fully saturated rings. The monoisotopic (exact) mass is 519 g/mol. The number of carboxylic acids is 1. The maximum atomic E-state index is 12.8. The van der Waals surface area contributed by atoms with Crippen LogP contribution >= 0.6 is 11.3 Å². The minimum Gasteiger partial charge on any atom is -0.493 e. The van der Waals surface area contributed by atoms with Crippen LogP contribution in [-0.2, 0) is 28.5 Å². The van der Waals surface area contributed by atoms with Crippen LogP contribution in [0.4, 0.5) is 13.2 Å². The number of carbonyl (C=O) groups is 1. The minimum atomic E-state index is -4.40. The van der Waals surface area contributed by atoms with Gasteiger partial charge in [-0.25, -0.2) is 9.78 Å². The Morgan fingerprint density at radius 3 is 2.58 bits per heavy atom. The Balaban J connectivity index is 1.43. The predicted octanol–water partition coefficient (Wildman–Crippen LogP) is 6.54. The maximum Gasteiger partial charge on any atom is 0.416 e. The number of carboxylic acid groups (broad SMARTS) is 1. The van der Waals surface area contributed by atoms with Crippen molar-refractivity contribution in [2.24, 2.45) is 0 Å². The Hall–Kier alpha value is -3.37. The van der Waals surface area contributed by atoms with Gasteiger partial charge in [0.25, 0.3) is 0 Å². The smallest absolute Gasteiger partial charge is 0.416 e. The van der Waals surface area contributed by atoms with E-state index in [9.17, 15) is 23.1 Å². The summed E-state index contributed by atoms with van der Waals surface area (Å²) >= 11 is 1.51. The number of nitrogens with zero attached hydrogens (tertiary/aromatic N) is 1. The molecule has 190 valence electrons. The SMILES string of the molecule is CCOC(Cc1ccc(OCCc2nc(-c3ccc(C(F)(F)F)cc3)oc2C)c2ccsc12)C(=O)O. The number of hydrogen-bond donors (Lipinski definition) is 1. The van der Waals surface area contributed by atoms with E-state index in [0.29, 0.717) is 42.4 Å². The lowest BCUT2D eigenvalue weighted by Gasteiger charge is -2.14. The van der Waals surface area contributed by atoms with Crippen LogP contribution in [0.3, 0.4) is 0 Å². The summed E-state index contributed by atoms with van der Waals surface area (Å²) in [5.41, 5.74) is 1.26. The summed E-state index contributed by atoms with van der Waals surface area (Å²) < 4.78 is 56.4. The lowest BCUT2D eigenvalue weighted by molar-refractivity contribution is -0.150. The summed E-state index contributed by atoms with van der Waals surface area (Å²) in [4.78, 5) is 15.9. The van der Waals surface area contributed by atoms with Crippen molar-refractivity contribution in [3.63, 3.8) is 0 Å². The third-order valence-electron chi connectivity index (χ3n) is 5.66. The molecule has 0 aliphatic rings. The van der Waals surface area contributed by atoms with Gasteiger partial charge >= 0.3 is 12.1 Å². The van der Waals surface area contributed by atoms with Gasteiger partial charge in [0.05, 0.1) is 17.9 Å². The van der Waals surface area contributed by atoms with Crippen LogP contribution < -0.4 is 4.74 Å². The Bertz CT molecular complexity index is 1340. The maximum absolute atomic E-state index is 12.8. The molecule has 1 atom stereocenters. The highest BCUT2D eigenvalue weighted by molar-refractivity contribution is 7.17. The number of alkyl halides is 3. The normalized spacial score (nSPS) is 12.7. The van der Waals surface area contributed by atoms with Crippen molar-refractivity contribution in [2.45, 2.75) is 39.0 Å². The van der Waals surface area contributed by atoms with Crippen LogP contribution in [0.25, 0.3) is 21.5 Å². The number of rotatable bonds is 10. The van der Waals surface area contributed by atoms with Gasteiger partial charge in [0.2, 0.25) is 5.89 Å². The van der Waals surface area contributed by atoms with Gasteiger partial charge < -0.3 is 19.0 Å². The topological polar surface area (TPSA) is 81.8 Å². The highest BCUT2D eigenvalue weighted by Gasteiger charge is 2.30. The second kappa shape index (κ2) is 10.7. The van der Waals surface area contributed by atoms with E-state index in [-0.39, 0.29) is 12.3 Å². The van der Waals surface area contributed by atoms with E-state index in [0.717, 1.165) is 27.8 Å². The van der Waals surface area contributed by atoms with Crippen molar-refractivity contribution in [3.05, 3.63) is 70.4 Å². The van der Waals surface area contributed by atoms with E-state index in [1.807, 2.05) is 23.6 Å². The van der Waals surface area contributed by atoms with Crippen molar-refractivity contribution in [1.29, 1.82) is 0 Å². The number of aryl methyl sites for hydroxylation is 1. The third kappa shape index (κ3) is 5.71. The van der Waals surface area contributed by atoms with Crippen LogP contribution in [-0.4, -0.2) is 35.4 Å². The molecule has 1 unspecified atom stereocenters. The Kier molecular flexibility index (Phi) is 7.65. The molecule has 0 spiro atoms. The lowest BCUT2D eigenvalue weighted by Crippen LogP contribution is -2.26. The summed E-state index contributed by atoms with van der Waals surface area (Å²) in [7, 11) is 0. The van der Waals surface area contributed by atoms with Crippen LogP contribution in [0, 0.1) is 6.92 Å². The molecule has 2 heterocycles. The minimum absolute atomic E-state index is 0.253. The first-order valence-corrected chi connectivity index (χ1v) is 12.2. The van der Waals surface area contributed by atoms with E-state index in [2.05, 4.69) is 4.98 Å². The molecule has 1 N–H and O–H groups in total. The average molecular weight is 520 g/mol. The van der Waals surface area contributed by atoms with Gasteiger partial charge in [0.1, 0.15) is 11.5 Å². The predicted molar refractivity (Wildman–Crippen MR) is 129 cm³/mol. The standard InChI is InChI=1S/C26H24F3NO5S/c1-3-33-22(25(31)32)14-17-6-9-21(19-11-13-36-23(17)19)34-12-10-20-15(2)35-24(30-20)16-4-7-18(8-5-16)26(27,28)29/h4-9,11,13,22H,3,10,12,14H2,1-2H3,(H,31,32).